The number of carbonyl (C=O) groups is 2. The summed E-state index contributed by atoms with van der Waals surface area (Å²) in [5.41, 5.74) is 3.20. The van der Waals surface area contributed by atoms with Crippen LogP contribution in [0.1, 0.15) is 22.8 Å². The molecule has 3 rings (SSSR count). The van der Waals surface area contributed by atoms with Gasteiger partial charge < -0.3 is 19.5 Å². The molecule has 2 heterocycles. The molecular formula is C19H16N4O8. The Bertz CT molecular complexity index is 1320. The van der Waals surface area contributed by atoms with Crippen LogP contribution in [0.15, 0.2) is 50.5 Å². The molecule has 0 aliphatic heterocycles. The zero-order chi connectivity index (χ0) is 22.7. The maximum Gasteiger partial charge on any atom is 0.411 e. The van der Waals surface area contributed by atoms with E-state index in [0.717, 1.165) is 22.9 Å². The summed E-state index contributed by atoms with van der Waals surface area (Å²) < 4.78 is 10.9. The summed E-state index contributed by atoms with van der Waals surface area (Å²) in [5, 5.41) is 14.0. The lowest BCUT2D eigenvalue weighted by atomic mass is 10.1. The van der Waals surface area contributed by atoms with Crippen molar-refractivity contribution in [2.24, 2.45) is 5.73 Å². The number of nitrogens with two attached hydrogens (primary N) is 1. The van der Waals surface area contributed by atoms with Crippen LogP contribution in [0.5, 0.6) is 0 Å². The van der Waals surface area contributed by atoms with Crippen molar-refractivity contribution >= 4 is 34.3 Å². The first kappa shape index (κ1) is 21.2. The summed E-state index contributed by atoms with van der Waals surface area (Å²) >= 11 is 0. The number of primary amides is 1. The van der Waals surface area contributed by atoms with Crippen molar-refractivity contribution in [1.29, 1.82) is 0 Å². The van der Waals surface area contributed by atoms with Crippen molar-refractivity contribution < 1.29 is 23.7 Å². The number of nitrogens with one attached hydrogen (secondary N) is 1. The monoisotopic (exact) mass is 428 g/mol. The number of aromatic nitrogens is 1. The third-order valence-electron chi connectivity index (χ3n) is 4.24. The maximum absolute atomic E-state index is 12.5. The highest BCUT2D eigenvalue weighted by atomic mass is 16.6. The van der Waals surface area contributed by atoms with Crippen LogP contribution >= 0.6 is 0 Å². The Hall–Kier alpha value is -4.48. The number of rotatable bonds is 6. The molecular weight excluding hydrogens is 412 g/mol. The molecule has 3 aromatic rings. The third-order valence-corrected chi connectivity index (χ3v) is 4.24. The summed E-state index contributed by atoms with van der Waals surface area (Å²) in [6.45, 7) is 1.54. The van der Waals surface area contributed by atoms with Gasteiger partial charge in [-0.1, -0.05) is 0 Å². The minimum Gasteiger partial charge on any atom is -0.450 e. The molecule has 0 fully saturated rings. The normalized spacial score (nSPS) is 10.6. The number of amides is 2. The Labute approximate surface area is 173 Å². The molecule has 0 saturated carbocycles. The Morgan fingerprint density at radius 2 is 2.00 bits per heavy atom. The van der Waals surface area contributed by atoms with Gasteiger partial charge in [-0.3, -0.25) is 25.0 Å². The van der Waals surface area contributed by atoms with Gasteiger partial charge in [0.25, 0.3) is 17.2 Å². The van der Waals surface area contributed by atoms with Crippen molar-refractivity contribution in [3.63, 3.8) is 0 Å². The SMILES string of the molecule is CCOC(=O)Nc1ccc2c(Cn3cc([N+](=O)[O-])cc(C(N)=O)c3=O)cc(=O)oc2c1. The molecule has 0 aliphatic carbocycles. The highest BCUT2D eigenvalue weighted by Crippen LogP contribution is 2.22. The van der Waals surface area contributed by atoms with E-state index in [1.54, 1.807) is 6.92 Å². The zero-order valence-electron chi connectivity index (χ0n) is 16.1. The first-order valence-corrected chi connectivity index (χ1v) is 8.89. The predicted molar refractivity (Wildman–Crippen MR) is 108 cm³/mol. The molecule has 31 heavy (non-hydrogen) atoms. The van der Waals surface area contributed by atoms with Gasteiger partial charge in [-0.25, -0.2) is 9.59 Å². The van der Waals surface area contributed by atoms with Crippen molar-refractivity contribution in [1.82, 2.24) is 4.57 Å². The minimum absolute atomic E-state index is 0.102. The molecule has 0 aliphatic rings. The fourth-order valence-electron chi connectivity index (χ4n) is 2.92. The molecule has 160 valence electrons. The lowest BCUT2D eigenvalue weighted by molar-refractivity contribution is -0.385. The van der Waals surface area contributed by atoms with E-state index in [1.165, 1.54) is 18.2 Å². The van der Waals surface area contributed by atoms with Gasteiger partial charge in [-0.05, 0) is 24.6 Å². The lowest BCUT2D eigenvalue weighted by Crippen LogP contribution is -2.30. The van der Waals surface area contributed by atoms with Crippen LogP contribution in [0.4, 0.5) is 16.2 Å². The van der Waals surface area contributed by atoms with E-state index in [9.17, 15) is 29.3 Å². The van der Waals surface area contributed by atoms with E-state index >= 15 is 0 Å². The van der Waals surface area contributed by atoms with E-state index in [-0.39, 0.29) is 18.7 Å². The Kier molecular flexibility index (Phi) is 5.81. The van der Waals surface area contributed by atoms with Crippen molar-refractivity contribution in [2.75, 3.05) is 11.9 Å². The average Bonchev–Trinajstić information content (AvgIpc) is 2.68. The quantitative estimate of drug-likeness (QED) is 0.337. The number of anilines is 1. The molecule has 0 saturated heterocycles. The van der Waals surface area contributed by atoms with Crippen molar-refractivity contribution in [3.8, 4) is 0 Å². The van der Waals surface area contributed by atoms with Crippen LogP contribution in [0.3, 0.4) is 0 Å². The molecule has 12 nitrogen and oxygen atoms in total. The molecule has 12 heteroatoms. The summed E-state index contributed by atoms with van der Waals surface area (Å²) in [6, 6.07) is 6.37. The van der Waals surface area contributed by atoms with Gasteiger partial charge in [-0.15, -0.1) is 0 Å². The summed E-state index contributed by atoms with van der Waals surface area (Å²) in [5.74, 6) is -1.12. The van der Waals surface area contributed by atoms with Gasteiger partial charge in [0.05, 0.1) is 24.3 Å². The second-order valence-electron chi connectivity index (χ2n) is 6.31. The molecule has 2 aromatic heterocycles. The molecule has 0 spiro atoms. The number of ether oxygens (including phenoxy) is 1. The maximum atomic E-state index is 12.5. The first-order valence-electron chi connectivity index (χ1n) is 8.89. The minimum atomic E-state index is -1.12. The van der Waals surface area contributed by atoms with E-state index in [2.05, 4.69) is 5.32 Å². The lowest BCUT2D eigenvalue weighted by Gasteiger charge is -2.11. The third kappa shape index (κ3) is 4.58. The number of nitro groups is 1. The van der Waals surface area contributed by atoms with Gasteiger partial charge in [0.1, 0.15) is 11.1 Å². The van der Waals surface area contributed by atoms with E-state index in [4.69, 9.17) is 14.9 Å². The van der Waals surface area contributed by atoms with Crippen LogP contribution < -0.4 is 22.2 Å². The van der Waals surface area contributed by atoms with Crippen molar-refractivity contribution in [2.45, 2.75) is 13.5 Å². The van der Waals surface area contributed by atoms with Gasteiger partial charge in [0.2, 0.25) is 0 Å². The number of hydrogen-bond acceptors (Lipinski definition) is 8. The van der Waals surface area contributed by atoms with Gasteiger partial charge in [0.15, 0.2) is 0 Å². The van der Waals surface area contributed by atoms with Crippen LogP contribution in [0.25, 0.3) is 11.0 Å². The highest BCUT2D eigenvalue weighted by molar-refractivity contribution is 5.93. The van der Waals surface area contributed by atoms with E-state index < -0.39 is 39.4 Å². The zero-order valence-corrected chi connectivity index (χ0v) is 16.1. The highest BCUT2D eigenvalue weighted by Gasteiger charge is 2.18. The fraction of sp³-hybridized carbons (Fsp3) is 0.158. The Morgan fingerprint density at radius 3 is 2.65 bits per heavy atom. The fourth-order valence-corrected chi connectivity index (χ4v) is 2.92. The Balaban J connectivity index is 2.09. The smallest absolute Gasteiger partial charge is 0.411 e. The number of hydrogen-bond donors (Lipinski definition) is 2. The summed E-state index contributed by atoms with van der Waals surface area (Å²) in [7, 11) is 0. The number of nitrogens with zero attached hydrogens (tertiary/aromatic N) is 2. The summed E-state index contributed by atoms with van der Waals surface area (Å²) in [4.78, 5) is 58.0. The first-order chi connectivity index (χ1) is 14.7. The molecule has 0 bridgehead atoms. The molecule has 1 aromatic carbocycles. The van der Waals surface area contributed by atoms with E-state index in [0.29, 0.717) is 16.6 Å². The topological polar surface area (TPSA) is 177 Å². The standard InChI is InChI=1S/C19H16N4O8/c1-2-30-19(27)21-11-3-4-13-10(5-16(24)31-15(13)6-11)8-22-9-12(23(28)29)7-14(17(20)25)18(22)26/h3-7,9H,2,8H2,1H3,(H2,20,25)(H,21,27). The number of carbonyl (C=O) groups excluding carboxylic acids is 2. The number of pyridine rings is 1. The van der Waals surface area contributed by atoms with Gasteiger partial charge in [-0.2, -0.15) is 0 Å². The second-order valence-corrected chi connectivity index (χ2v) is 6.31. The average molecular weight is 428 g/mol. The molecule has 0 radical (unpaired) electrons. The molecule has 0 unspecified atom stereocenters. The van der Waals surface area contributed by atoms with Crippen molar-refractivity contribution in [3.05, 3.63) is 78.5 Å². The van der Waals surface area contributed by atoms with Gasteiger partial charge >= 0.3 is 11.7 Å². The second kappa shape index (κ2) is 8.49. The molecule has 3 N–H and O–H groups in total. The van der Waals surface area contributed by atoms with Crippen LogP contribution in [0.2, 0.25) is 0 Å². The molecule has 0 atom stereocenters. The van der Waals surface area contributed by atoms with Gasteiger partial charge in [0, 0.05) is 29.3 Å². The predicted octanol–water partition coefficient (Wildman–Crippen LogP) is 1.58. The summed E-state index contributed by atoms with van der Waals surface area (Å²) in [6.07, 6.45) is 0.258. The van der Waals surface area contributed by atoms with Crippen LogP contribution in [0, 0.1) is 10.1 Å². The van der Waals surface area contributed by atoms with E-state index in [1.807, 2.05) is 0 Å². The number of fused-ring (bicyclic) bond motifs is 1. The largest absolute Gasteiger partial charge is 0.450 e. The van der Waals surface area contributed by atoms with Crippen LogP contribution in [-0.2, 0) is 11.3 Å². The van der Waals surface area contributed by atoms with Crippen LogP contribution in [-0.4, -0.2) is 28.1 Å². The number of benzene rings is 1. The molecule has 2 amide bonds. The Morgan fingerprint density at radius 1 is 1.26 bits per heavy atom.